The minimum Gasteiger partial charge on any atom is -0.481 e. The highest BCUT2D eigenvalue weighted by Crippen LogP contribution is 2.31. The monoisotopic (exact) mass is 353 g/mol. The van der Waals surface area contributed by atoms with Crippen LogP contribution in [-0.2, 0) is 9.59 Å². The molecule has 1 aromatic carbocycles. The van der Waals surface area contributed by atoms with Gasteiger partial charge in [0.05, 0.1) is 17.9 Å². The summed E-state index contributed by atoms with van der Waals surface area (Å²) in [4.78, 5) is 23.7. The highest BCUT2D eigenvalue weighted by Gasteiger charge is 2.36. The molecular formula is C16H20BrNO3. The lowest BCUT2D eigenvalue weighted by Crippen LogP contribution is -2.40. The predicted molar refractivity (Wildman–Crippen MR) is 83.8 cm³/mol. The SMILES string of the molecule is CC(NC(=O)[C@@H]1CCCC[C@@H]1C(=O)O)c1cccc(Br)c1. The first-order valence-corrected chi connectivity index (χ1v) is 8.07. The third-order valence-corrected chi connectivity index (χ3v) is 4.62. The van der Waals surface area contributed by atoms with Gasteiger partial charge in [0.2, 0.25) is 5.91 Å². The molecule has 2 rings (SSSR count). The van der Waals surface area contributed by atoms with Gasteiger partial charge in [-0.05, 0) is 37.5 Å². The molecule has 1 saturated carbocycles. The van der Waals surface area contributed by atoms with Crippen LogP contribution in [0.4, 0.5) is 0 Å². The summed E-state index contributed by atoms with van der Waals surface area (Å²) in [5, 5.41) is 12.2. The van der Waals surface area contributed by atoms with Gasteiger partial charge in [0, 0.05) is 4.47 Å². The summed E-state index contributed by atoms with van der Waals surface area (Å²) in [6, 6.07) is 7.63. The van der Waals surface area contributed by atoms with Gasteiger partial charge in [-0.3, -0.25) is 9.59 Å². The van der Waals surface area contributed by atoms with E-state index < -0.39 is 17.8 Å². The normalized spacial score (nSPS) is 23.3. The predicted octanol–water partition coefficient (Wildman–Crippen LogP) is 3.52. The van der Waals surface area contributed by atoms with E-state index in [9.17, 15) is 14.7 Å². The minimum atomic E-state index is -0.857. The lowest BCUT2D eigenvalue weighted by atomic mass is 9.78. The Balaban J connectivity index is 2.04. The Morgan fingerprint density at radius 2 is 1.95 bits per heavy atom. The van der Waals surface area contributed by atoms with Crippen molar-refractivity contribution in [1.29, 1.82) is 0 Å². The van der Waals surface area contributed by atoms with E-state index in [1.165, 1.54) is 0 Å². The smallest absolute Gasteiger partial charge is 0.307 e. The Bertz CT molecular complexity index is 532. The standard InChI is InChI=1S/C16H20BrNO3/c1-10(11-5-4-6-12(17)9-11)18-15(19)13-7-2-3-8-14(13)16(20)21/h4-6,9-10,13-14H,2-3,7-8H2,1H3,(H,18,19)(H,20,21)/t10?,13-,14+/m1/s1. The maximum atomic E-state index is 12.4. The van der Waals surface area contributed by atoms with Gasteiger partial charge < -0.3 is 10.4 Å². The molecule has 2 N–H and O–H groups in total. The lowest BCUT2D eigenvalue weighted by Gasteiger charge is -2.28. The third kappa shape index (κ3) is 4.06. The van der Waals surface area contributed by atoms with Gasteiger partial charge in [0.1, 0.15) is 0 Å². The molecule has 4 nitrogen and oxygen atoms in total. The maximum Gasteiger partial charge on any atom is 0.307 e. The second-order valence-electron chi connectivity index (χ2n) is 5.62. The molecule has 1 fully saturated rings. The molecule has 5 heteroatoms. The molecule has 1 aliphatic rings. The molecule has 21 heavy (non-hydrogen) atoms. The van der Waals surface area contributed by atoms with Crippen LogP contribution in [0.25, 0.3) is 0 Å². The van der Waals surface area contributed by atoms with Crippen molar-refractivity contribution in [3.05, 3.63) is 34.3 Å². The molecular weight excluding hydrogens is 334 g/mol. The Labute approximate surface area is 133 Å². The molecule has 0 aliphatic heterocycles. The Morgan fingerprint density at radius 3 is 2.57 bits per heavy atom. The number of carbonyl (C=O) groups is 2. The van der Waals surface area contributed by atoms with E-state index in [2.05, 4.69) is 21.2 Å². The number of hydrogen-bond donors (Lipinski definition) is 2. The van der Waals surface area contributed by atoms with Gasteiger partial charge in [-0.25, -0.2) is 0 Å². The van der Waals surface area contributed by atoms with Crippen LogP contribution in [0.5, 0.6) is 0 Å². The van der Waals surface area contributed by atoms with Crippen molar-refractivity contribution in [1.82, 2.24) is 5.32 Å². The minimum absolute atomic E-state index is 0.133. The van der Waals surface area contributed by atoms with Gasteiger partial charge in [-0.15, -0.1) is 0 Å². The average molecular weight is 354 g/mol. The van der Waals surface area contributed by atoms with Gasteiger partial charge >= 0.3 is 5.97 Å². The van der Waals surface area contributed by atoms with Crippen LogP contribution < -0.4 is 5.32 Å². The number of benzene rings is 1. The van der Waals surface area contributed by atoms with Gasteiger partial charge in [0.15, 0.2) is 0 Å². The van der Waals surface area contributed by atoms with Crippen molar-refractivity contribution >= 4 is 27.8 Å². The first-order chi connectivity index (χ1) is 9.99. The van der Waals surface area contributed by atoms with E-state index in [1.54, 1.807) is 0 Å². The second-order valence-corrected chi connectivity index (χ2v) is 6.54. The number of nitrogens with one attached hydrogen (secondary N) is 1. The van der Waals surface area contributed by atoms with Crippen LogP contribution in [0.1, 0.15) is 44.2 Å². The van der Waals surface area contributed by atoms with E-state index in [0.29, 0.717) is 12.8 Å². The highest BCUT2D eigenvalue weighted by atomic mass is 79.9. The molecule has 0 spiro atoms. The van der Waals surface area contributed by atoms with Crippen molar-refractivity contribution in [2.45, 2.75) is 38.6 Å². The highest BCUT2D eigenvalue weighted by molar-refractivity contribution is 9.10. The number of amides is 1. The summed E-state index contributed by atoms with van der Waals surface area (Å²) >= 11 is 3.41. The Morgan fingerprint density at radius 1 is 1.29 bits per heavy atom. The molecule has 0 bridgehead atoms. The van der Waals surface area contributed by atoms with Crippen molar-refractivity contribution in [3.63, 3.8) is 0 Å². The molecule has 1 aliphatic carbocycles. The number of rotatable bonds is 4. The fraction of sp³-hybridized carbons (Fsp3) is 0.500. The zero-order chi connectivity index (χ0) is 15.4. The lowest BCUT2D eigenvalue weighted by molar-refractivity contribution is -0.149. The largest absolute Gasteiger partial charge is 0.481 e. The zero-order valence-corrected chi connectivity index (χ0v) is 13.6. The van der Waals surface area contributed by atoms with Crippen LogP contribution in [0.2, 0.25) is 0 Å². The van der Waals surface area contributed by atoms with Crippen molar-refractivity contribution in [2.75, 3.05) is 0 Å². The van der Waals surface area contributed by atoms with Crippen molar-refractivity contribution in [3.8, 4) is 0 Å². The molecule has 1 amide bonds. The molecule has 0 radical (unpaired) electrons. The van der Waals surface area contributed by atoms with E-state index in [0.717, 1.165) is 22.9 Å². The number of carboxylic acids is 1. The third-order valence-electron chi connectivity index (χ3n) is 4.13. The number of aliphatic carboxylic acids is 1. The molecule has 0 aromatic heterocycles. The van der Waals surface area contributed by atoms with E-state index >= 15 is 0 Å². The number of carboxylic acid groups (broad SMARTS) is 1. The molecule has 3 atom stereocenters. The molecule has 0 saturated heterocycles. The summed E-state index contributed by atoms with van der Waals surface area (Å²) in [6.07, 6.45) is 3.07. The van der Waals surface area contributed by atoms with Crippen LogP contribution in [0, 0.1) is 11.8 Å². The number of carbonyl (C=O) groups excluding carboxylic acids is 1. The molecule has 114 valence electrons. The number of halogens is 1. The number of hydrogen-bond acceptors (Lipinski definition) is 2. The van der Waals surface area contributed by atoms with E-state index in [4.69, 9.17) is 0 Å². The van der Waals surface area contributed by atoms with Crippen LogP contribution in [-0.4, -0.2) is 17.0 Å². The van der Waals surface area contributed by atoms with Crippen molar-refractivity contribution in [2.24, 2.45) is 11.8 Å². The molecule has 1 unspecified atom stereocenters. The summed E-state index contributed by atoms with van der Waals surface area (Å²) in [6.45, 7) is 1.91. The summed E-state index contributed by atoms with van der Waals surface area (Å²) in [7, 11) is 0. The van der Waals surface area contributed by atoms with Crippen LogP contribution in [0.15, 0.2) is 28.7 Å². The molecule has 0 heterocycles. The molecule has 1 aromatic rings. The summed E-state index contributed by atoms with van der Waals surface area (Å²) in [5.74, 6) is -1.96. The zero-order valence-electron chi connectivity index (χ0n) is 12.0. The summed E-state index contributed by atoms with van der Waals surface area (Å²) < 4.78 is 0.960. The average Bonchev–Trinajstić information content (AvgIpc) is 2.47. The van der Waals surface area contributed by atoms with Crippen molar-refractivity contribution < 1.29 is 14.7 Å². The van der Waals surface area contributed by atoms with Crippen LogP contribution >= 0.6 is 15.9 Å². The first-order valence-electron chi connectivity index (χ1n) is 7.27. The topological polar surface area (TPSA) is 66.4 Å². The van der Waals surface area contributed by atoms with Gasteiger partial charge in [-0.1, -0.05) is 40.9 Å². The summed E-state index contributed by atoms with van der Waals surface area (Å²) in [5.41, 5.74) is 1.00. The van der Waals surface area contributed by atoms with E-state index in [1.807, 2.05) is 31.2 Å². The Kier molecular flexibility index (Phi) is 5.39. The first kappa shape index (κ1) is 16.0. The Hall–Kier alpha value is -1.36. The quantitative estimate of drug-likeness (QED) is 0.870. The second kappa shape index (κ2) is 7.07. The fourth-order valence-electron chi connectivity index (χ4n) is 2.92. The fourth-order valence-corrected chi connectivity index (χ4v) is 3.34. The van der Waals surface area contributed by atoms with Gasteiger partial charge in [-0.2, -0.15) is 0 Å². The van der Waals surface area contributed by atoms with Gasteiger partial charge in [0.25, 0.3) is 0 Å². The maximum absolute atomic E-state index is 12.4. The van der Waals surface area contributed by atoms with E-state index in [-0.39, 0.29) is 11.9 Å². The van der Waals surface area contributed by atoms with Crippen LogP contribution in [0.3, 0.4) is 0 Å².